The summed E-state index contributed by atoms with van der Waals surface area (Å²) in [6.45, 7) is 6.93. The van der Waals surface area contributed by atoms with Crippen molar-refractivity contribution in [2.75, 3.05) is 13.7 Å². The van der Waals surface area contributed by atoms with Gasteiger partial charge in [-0.25, -0.2) is 0 Å². The fourth-order valence-electron chi connectivity index (χ4n) is 2.80. The van der Waals surface area contributed by atoms with E-state index in [2.05, 4.69) is 20.8 Å². The van der Waals surface area contributed by atoms with Gasteiger partial charge in [-0.15, -0.1) is 0 Å². The molecule has 2 nitrogen and oxygen atoms in total. The SMILES string of the molecule is CO[C@H]1CC[C@H](C)[C@H](CO)C1(C)C. The minimum absolute atomic E-state index is 0.112. The Labute approximate surface area is 81.3 Å². The molecule has 13 heavy (non-hydrogen) atoms. The lowest BCUT2D eigenvalue weighted by molar-refractivity contribution is -0.0910. The highest BCUT2D eigenvalue weighted by atomic mass is 16.5. The standard InChI is InChI=1S/C11H22O2/c1-8-5-6-10(13-4)11(2,3)9(8)7-12/h8-10,12H,5-7H2,1-4H3/t8-,9-,10-/m0/s1. The summed E-state index contributed by atoms with van der Waals surface area (Å²) in [5.74, 6) is 0.998. The summed E-state index contributed by atoms with van der Waals surface area (Å²) in [6.07, 6.45) is 2.61. The van der Waals surface area contributed by atoms with E-state index >= 15 is 0 Å². The zero-order valence-corrected chi connectivity index (χ0v) is 9.21. The van der Waals surface area contributed by atoms with E-state index in [-0.39, 0.29) is 12.0 Å². The van der Waals surface area contributed by atoms with Crippen molar-refractivity contribution in [1.29, 1.82) is 0 Å². The van der Waals surface area contributed by atoms with Gasteiger partial charge in [-0.05, 0) is 30.1 Å². The molecule has 1 saturated carbocycles. The molecule has 1 N–H and O–H groups in total. The number of ether oxygens (including phenoxy) is 1. The molecule has 0 aliphatic heterocycles. The second-order valence-electron chi connectivity index (χ2n) is 4.89. The van der Waals surface area contributed by atoms with E-state index in [1.54, 1.807) is 7.11 Å². The summed E-state index contributed by atoms with van der Waals surface area (Å²) < 4.78 is 5.48. The number of hydrogen-bond donors (Lipinski definition) is 1. The Morgan fingerprint density at radius 3 is 2.46 bits per heavy atom. The quantitative estimate of drug-likeness (QED) is 0.715. The molecule has 0 heterocycles. The van der Waals surface area contributed by atoms with Crippen LogP contribution in [0.25, 0.3) is 0 Å². The van der Waals surface area contributed by atoms with Crippen LogP contribution in [0.15, 0.2) is 0 Å². The van der Waals surface area contributed by atoms with Gasteiger partial charge in [-0.3, -0.25) is 0 Å². The van der Waals surface area contributed by atoms with Gasteiger partial charge < -0.3 is 9.84 Å². The van der Waals surface area contributed by atoms with Crippen molar-refractivity contribution < 1.29 is 9.84 Å². The smallest absolute Gasteiger partial charge is 0.0625 e. The topological polar surface area (TPSA) is 29.5 Å². The number of rotatable bonds is 2. The van der Waals surface area contributed by atoms with E-state index in [0.29, 0.717) is 17.9 Å². The zero-order chi connectivity index (χ0) is 10.1. The molecule has 0 aromatic carbocycles. The first-order valence-electron chi connectivity index (χ1n) is 5.17. The largest absolute Gasteiger partial charge is 0.396 e. The van der Waals surface area contributed by atoms with Crippen molar-refractivity contribution in [3.05, 3.63) is 0 Å². The van der Waals surface area contributed by atoms with Crippen molar-refractivity contribution in [2.24, 2.45) is 17.3 Å². The van der Waals surface area contributed by atoms with Crippen molar-refractivity contribution >= 4 is 0 Å². The fourth-order valence-corrected chi connectivity index (χ4v) is 2.80. The molecule has 1 fully saturated rings. The third-order valence-electron chi connectivity index (χ3n) is 3.84. The van der Waals surface area contributed by atoms with Gasteiger partial charge in [0.15, 0.2) is 0 Å². The summed E-state index contributed by atoms with van der Waals surface area (Å²) in [6, 6.07) is 0. The molecule has 1 rings (SSSR count). The predicted octanol–water partition coefficient (Wildman–Crippen LogP) is 2.07. The Bertz CT molecular complexity index is 165. The van der Waals surface area contributed by atoms with Crippen LogP contribution in [-0.4, -0.2) is 24.9 Å². The monoisotopic (exact) mass is 186 g/mol. The highest BCUT2D eigenvalue weighted by Crippen LogP contribution is 2.44. The molecule has 0 unspecified atom stereocenters. The van der Waals surface area contributed by atoms with Crippen LogP contribution in [0.4, 0.5) is 0 Å². The third kappa shape index (κ3) is 1.89. The first-order chi connectivity index (χ1) is 6.04. The molecule has 1 aliphatic carbocycles. The van der Waals surface area contributed by atoms with Gasteiger partial charge in [-0.2, -0.15) is 0 Å². The average Bonchev–Trinajstić information content (AvgIpc) is 2.04. The van der Waals surface area contributed by atoms with E-state index in [1.165, 1.54) is 6.42 Å². The predicted molar refractivity (Wildman–Crippen MR) is 53.6 cm³/mol. The Morgan fingerprint density at radius 2 is 2.00 bits per heavy atom. The fraction of sp³-hybridized carbons (Fsp3) is 1.00. The Balaban J connectivity index is 2.78. The summed E-state index contributed by atoms with van der Waals surface area (Å²) in [5.41, 5.74) is 0.112. The minimum Gasteiger partial charge on any atom is -0.396 e. The molecule has 3 atom stereocenters. The van der Waals surface area contributed by atoms with Gasteiger partial charge in [0.2, 0.25) is 0 Å². The highest BCUT2D eigenvalue weighted by Gasteiger charge is 2.43. The Kier molecular flexibility index (Phi) is 3.36. The van der Waals surface area contributed by atoms with Crippen LogP contribution in [0, 0.1) is 17.3 Å². The molecule has 78 valence electrons. The second kappa shape index (κ2) is 3.97. The van der Waals surface area contributed by atoms with Crippen LogP contribution in [0.5, 0.6) is 0 Å². The van der Waals surface area contributed by atoms with Gasteiger partial charge in [0, 0.05) is 13.7 Å². The molecule has 0 saturated heterocycles. The molecule has 0 bridgehead atoms. The van der Waals surface area contributed by atoms with E-state index in [9.17, 15) is 5.11 Å². The van der Waals surface area contributed by atoms with Crippen LogP contribution in [0.1, 0.15) is 33.6 Å². The van der Waals surface area contributed by atoms with Crippen molar-refractivity contribution in [3.63, 3.8) is 0 Å². The number of aliphatic hydroxyl groups is 1. The molecule has 1 aliphatic rings. The average molecular weight is 186 g/mol. The first kappa shape index (κ1) is 11.0. The maximum absolute atomic E-state index is 9.35. The maximum Gasteiger partial charge on any atom is 0.0625 e. The number of methoxy groups -OCH3 is 1. The van der Waals surface area contributed by atoms with Gasteiger partial charge in [0.05, 0.1) is 6.10 Å². The maximum atomic E-state index is 9.35. The Hall–Kier alpha value is -0.0800. The summed E-state index contributed by atoms with van der Waals surface area (Å²) in [4.78, 5) is 0. The van der Waals surface area contributed by atoms with E-state index in [0.717, 1.165) is 6.42 Å². The van der Waals surface area contributed by atoms with Gasteiger partial charge >= 0.3 is 0 Å². The van der Waals surface area contributed by atoms with Gasteiger partial charge in [0.25, 0.3) is 0 Å². The van der Waals surface area contributed by atoms with Crippen molar-refractivity contribution in [1.82, 2.24) is 0 Å². The van der Waals surface area contributed by atoms with Crippen LogP contribution >= 0.6 is 0 Å². The molecular formula is C11H22O2. The van der Waals surface area contributed by atoms with Gasteiger partial charge in [0.1, 0.15) is 0 Å². The van der Waals surface area contributed by atoms with E-state index < -0.39 is 0 Å². The Morgan fingerprint density at radius 1 is 1.38 bits per heavy atom. The molecule has 0 radical (unpaired) electrons. The number of hydrogen-bond acceptors (Lipinski definition) is 2. The molecule has 0 aromatic heterocycles. The van der Waals surface area contributed by atoms with Crippen LogP contribution in [0.3, 0.4) is 0 Å². The zero-order valence-electron chi connectivity index (χ0n) is 9.21. The molecule has 2 heteroatoms. The second-order valence-corrected chi connectivity index (χ2v) is 4.89. The lowest BCUT2D eigenvalue weighted by Crippen LogP contribution is -2.46. The van der Waals surface area contributed by atoms with E-state index in [1.807, 2.05) is 0 Å². The summed E-state index contributed by atoms with van der Waals surface area (Å²) in [7, 11) is 1.77. The minimum atomic E-state index is 0.112. The molecule has 0 spiro atoms. The highest BCUT2D eigenvalue weighted by molar-refractivity contribution is 4.92. The third-order valence-corrected chi connectivity index (χ3v) is 3.84. The molecule has 0 amide bonds. The normalized spacial score (nSPS) is 39.0. The van der Waals surface area contributed by atoms with Crippen molar-refractivity contribution in [3.8, 4) is 0 Å². The molecule has 0 aromatic rings. The van der Waals surface area contributed by atoms with Gasteiger partial charge in [-0.1, -0.05) is 20.8 Å². The van der Waals surface area contributed by atoms with Crippen LogP contribution < -0.4 is 0 Å². The summed E-state index contributed by atoms with van der Waals surface area (Å²) >= 11 is 0. The van der Waals surface area contributed by atoms with E-state index in [4.69, 9.17) is 4.74 Å². The van der Waals surface area contributed by atoms with Crippen molar-refractivity contribution in [2.45, 2.75) is 39.7 Å². The lowest BCUT2D eigenvalue weighted by Gasteiger charge is -2.47. The molecular weight excluding hydrogens is 164 g/mol. The summed E-state index contributed by atoms with van der Waals surface area (Å²) in [5, 5.41) is 9.35. The lowest BCUT2D eigenvalue weighted by atomic mass is 9.63. The number of aliphatic hydroxyl groups excluding tert-OH is 1. The van der Waals surface area contributed by atoms with Crippen LogP contribution in [0.2, 0.25) is 0 Å². The first-order valence-corrected chi connectivity index (χ1v) is 5.17. The van der Waals surface area contributed by atoms with Crippen LogP contribution in [-0.2, 0) is 4.74 Å².